The van der Waals surface area contributed by atoms with Crippen LogP contribution in [0.5, 0.6) is 0 Å². The first-order valence-electron chi connectivity index (χ1n) is 2.19. The standard InChI is InChI=1S/C5H7NOS/c1-4(3-6)5(7)8-2/h4H,1-2H3. The van der Waals surface area contributed by atoms with E-state index in [0.29, 0.717) is 0 Å². The number of carbonyl (C=O) groups is 1. The Labute approximate surface area is 52.9 Å². The number of rotatable bonds is 1. The zero-order chi connectivity index (χ0) is 6.57. The van der Waals surface area contributed by atoms with Crippen molar-refractivity contribution in [1.29, 1.82) is 5.26 Å². The van der Waals surface area contributed by atoms with Crippen LogP contribution in [0.2, 0.25) is 0 Å². The van der Waals surface area contributed by atoms with E-state index in [1.54, 1.807) is 13.2 Å². The van der Waals surface area contributed by atoms with Crippen molar-refractivity contribution < 1.29 is 4.79 Å². The molecule has 1 atom stereocenters. The number of carbonyl (C=O) groups excluding carboxylic acids is 1. The van der Waals surface area contributed by atoms with Gasteiger partial charge in [-0.25, -0.2) is 0 Å². The first kappa shape index (κ1) is 7.51. The molecular weight excluding hydrogens is 122 g/mol. The first-order valence-corrected chi connectivity index (χ1v) is 3.42. The molecule has 1 unspecified atom stereocenters. The lowest BCUT2D eigenvalue weighted by Crippen LogP contribution is -2.01. The molecular formula is C5H7NOS. The SMILES string of the molecule is CSC(=O)C(C)C#N. The summed E-state index contributed by atoms with van der Waals surface area (Å²) in [6, 6.07) is 1.85. The van der Waals surface area contributed by atoms with Gasteiger partial charge in [-0.15, -0.1) is 0 Å². The van der Waals surface area contributed by atoms with Crippen molar-refractivity contribution >= 4 is 16.9 Å². The third kappa shape index (κ3) is 1.99. The molecule has 8 heavy (non-hydrogen) atoms. The second kappa shape index (κ2) is 3.50. The van der Waals surface area contributed by atoms with Crippen molar-refractivity contribution in [2.45, 2.75) is 6.92 Å². The Morgan fingerprint density at radius 3 is 2.50 bits per heavy atom. The Hall–Kier alpha value is -0.490. The van der Waals surface area contributed by atoms with E-state index in [0.717, 1.165) is 11.8 Å². The zero-order valence-corrected chi connectivity index (χ0v) is 5.66. The second-order valence-corrected chi connectivity index (χ2v) is 2.18. The van der Waals surface area contributed by atoms with Gasteiger partial charge >= 0.3 is 0 Å². The molecule has 3 heteroatoms. The number of hydrogen-bond acceptors (Lipinski definition) is 3. The summed E-state index contributed by atoms with van der Waals surface area (Å²) >= 11 is 1.10. The fraction of sp³-hybridized carbons (Fsp3) is 0.600. The quantitative estimate of drug-likeness (QED) is 0.531. The van der Waals surface area contributed by atoms with E-state index < -0.39 is 5.92 Å². The molecule has 0 bridgehead atoms. The van der Waals surface area contributed by atoms with Crippen LogP contribution in [0.25, 0.3) is 0 Å². The molecule has 0 N–H and O–H groups in total. The molecule has 2 nitrogen and oxygen atoms in total. The van der Waals surface area contributed by atoms with Crippen LogP contribution in [0.1, 0.15) is 6.92 Å². The summed E-state index contributed by atoms with van der Waals surface area (Å²) in [7, 11) is 0. The molecule has 0 rings (SSSR count). The minimum absolute atomic E-state index is 0.0625. The van der Waals surface area contributed by atoms with Gasteiger partial charge in [-0.05, 0) is 13.2 Å². The van der Waals surface area contributed by atoms with Gasteiger partial charge < -0.3 is 0 Å². The van der Waals surface area contributed by atoms with Crippen LogP contribution >= 0.6 is 11.8 Å². The normalized spacial score (nSPS) is 12.1. The molecule has 0 heterocycles. The number of thioether (sulfide) groups is 1. The van der Waals surface area contributed by atoms with Crippen molar-refractivity contribution in [3.05, 3.63) is 0 Å². The molecule has 0 aromatic heterocycles. The zero-order valence-electron chi connectivity index (χ0n) is 4.84. The van der Waals surface area contributed by atoms with E-state index >= 15 is 0 Å². The fourth-order valence-corrected chi connectivity index (χ4v) is 0.636. The maximum atomic E-state index is 10.5. The molecule has 0 aromatic rings. The van der Waals surface area contributed by atoms with Gasteiger partial charge in [-0.3, -0.25) is 4.79 Å². The summed E-state index contributed by atoms with van der Waals surface area (Å²) in [5.41, 5.74) is 0. The molecule has 0 radical (unpaired) electrons. The monoisotopic (exact) mass is 129 g/mol. The van der Waals surface area contributed by atoms with Gasteiger partial charge in [0.1, 0.15) is 5.92 Å². The minimum atomic E-state index is -0.454. The molecule has 0 amide bonds. The van der Waals surface area contributed by atoms with Gasteiger partial charge in [-0.2, -0.15) is 5.26 Å². The van der Waals surface area contributed by atoms with Crippen LogP contribution in [-0.4, -0.2) is 11.4 Å². The van der Waals surface area contributed by atoms with E-state index in [-0.39, 0.29) is 5.12 Å². The molecule has 0 aliphatic carbocycles. The Morgan fingerprint density at radius 1 is 1.88 bits per heavy atom. The Balaban J connectivity index is 3.68. The van der Waals surface area contributed by atoms with Crippen molar-refractivity contribution in [3.8, 4) is 6.07 Å². The average Bonchev–Trinajstić information content (AvgIpc) is 1.84. The predicted molar refractivity (Wildman–Crippen MR) is 33.3 cm³/mol. The molecule has 0 aliphatic heterocycles. The average molecular weight is 129 g/mol. The third-order valence-corrected chi connectivity index (χ3v) is 1.50. The highest BCUT2D eigenvalue weighted by Gasteiger charge is 2.07. The van der Waals surface area contributed by atoms with E-state index in [4.69, 9.17) is 5.26 Å². The maximum absolute atomic E-state index is 10.5. The minimum Gasteiger partial charge on any atom is -0.286 e. The summed E-state index contributed by atoms with van der Waals surface area (Å²) < 4.78 is 0. The lowest BCUT2D eigenvalue weighted by atomic mass is 10.2. The highest BCUT2D eigenvalue weighted by atomic mass is 32.2. The van der Waals surface area contributed by atoms with Crippen LogP contribution in [0.3, 0.4) is 0 Å². The van der Waals surface area contributed by atoms with Crippen molar-refractivity contribution in [2.24, 2.45) is 5.92 Å². The van der Waals surface area contributed by atoms with Crippen molar-refractivity contribution in [3.63, 3.8) is 0 Å². The van der Waals surface area contributed by atoms with Gasteiger partial charge in [0, 0.05) is 0 Å². The summed E-state index contributed by atoms with van der Waals surface area (Å²) in [5, 5.41) is 8.09. The lowest BCUT2D eigenvalue weighted by Gasteiger charge is -1.92. The van der Waals surface area contributed by atoms with E-state index in [1.807, 2.05) is 6.07 Å². The lowest BCUT2D eigenvalue weighted by molar-refractivity contribution is -0.112. The van der Waals surface area contributed by atoms with Crippen LogP contribution in [0.15, 0.2) is 0 Å². The third-order valence-electron chi connectivity index (χ3n) is 0.748. The van der Waals surface area contributed by atoms with Crippen molar-refractivity contribution in [1.82, 2.24) is 0 Å². The Bertz CT molecular complexity index is 127. The topological polar surface area (TPSA) is 40.9 Å². The summed E-state index contributed by atoms with van der Waals surface area (Å²) in [6.45, 7) is 1.60. The van der Waals surface area contributed by atoms with Crippen molar-refractivity contribution in [2.75, 3.05) is 6.26 Å². The van der Waals surface area contributed by atoms with Gasteiger partial charge in [0.25, 0.3) is 0 Å². The highest BCUT2D eigenvalue weighted by molar-refractivity contribution is 8.13. The summed E-state index contributed by atoms with van der Waals surface area (Å²) in [4.78, 5) is 10.5. The van der Waals surface area contributed by atoms with E-state index in [9.17, 15) is 4.79 Å². The molecule has 44 valence electrons. The van der Waals surface area contributed by atoms with Crippen LogP contribution < -0.4 is 0 Å². The fourth-order valence-electron chi connectivity index (χ4n) is 0.229. The van der Waals surface area contributed by atoms with Gasteiger partial charge in [0.15, 0.2) is 0 Å². The molecule has 0 aromatic carbocycles. The van der Waals surface area contributed by atoms with Crippen LogP contribution in [0.4, 0.5) is 0 Å². The van der Waals surface area contributed by atoms with Gasteiger partial charge in [0.2, 0.25) is 5.12 Å². The number of nitrogens with zero attached hydrogens (tertiary/aromatic N) is 1. The van der Waals surface area contributed by atoms with Crippen LogP contribution in [0, 0.1) is 17.2 Å². The smallest absolute Gasteiger partial charge is 0.205 e. The summed E-state index contributed by atoms with van der Waals surface area (Å²) in [6.07, 6.45) is 1.68. The predicted octanol–water partition coefficient (Wildman–Crippen LogP) is 1.04. The Kier molecular flexibility index (Phi) is 3.29. The maximum Gasteiger partial charge on any atom is 0.205 e. The Morgan fingerprint density at radius 2 is 2.38 bits per heavy atom. The first-order chi connectivity index (χ1) is 3.72. The highest BCUT2D eigenvalue weighted by Crippen LogP contribution is 2.04. The number of hydrogen-bond donors (Lipinski definition) is 0. The molecule has 0 spiro atoms. The molecule has 0 saturated heterocycles. The molecule has 0 fully saturated rings. The van der Waals surface area contributed by atoms with E-state index in [2.05, 4.69) is 0 Å². The number of nitriles is 1. The van der Waals surface area contributed by atoms with E-state index in [1.165, 1.54) is 0 Å². The molecule has 0 aliphatic rings. The second-order valence-electron chi connectivity index (χ2n) is 1.37. The van der Waals surface area contributed by atoms with Crippen LogP contribution in [-0.2, 0) is 4.79 Å². The molecule has 0 saturated carbocycles. The largest absolute Gasteiger partial charge is 0.286 e. The van der Waals surface area contributed by atoms with Gasteiger partial charge in [-0.1, -0.05) is 11.8 Å². The van der Waals surface area contributed by atoms with Gasteiger partial charge in [0.05, 0.1) is 6.07 Å². The summed E-state index contributed by atoms with van der Waals surface area (Å²) in [5.74, 6) is -0.454.